The second-order valence-corrected chi connectivity index (χ2v) is 1.89. The van der Waals surface area contributed by atoms with E-state index in [0.717, 1.165) is 0 Å². The molecule has 4 N–H and O–H groups in total. The van der Waals surface area contributed by atoms with Gasteiger partial charge in [-0.3, -0.25) is 4.99 Å². The predicted octanol–water partition coefficient (Wildman–Crippen LogP) is -0.853. The molecule has 6 heteroatoms. The molecule has 0 fully saturated rings. The van der Waals surface area contributed by atoms with E-state index in [1.54, 1.807) is 0 Å². The summed E-state index contributed by atoms with van der Waals surface area (Å²) < 4.78 is 23.2. The highest BCUT2D eigenvalue weighted by molar-refractivity contribution is 5.77. The molecule has 0 heterocycles. The molecule has 0 aliphatic heterocycles. The minimum atomic E-state index is -2.76. The van der Waals surface area contributed by atoms with Crippen LogP contribution in [0.15, 0.2) is 4.99 Å². The number of hydrogen-bond acceptors (Lipinski definition) is 2. The fourth-order valence-corrected chi connectivity index (χ4v) is 0.377. The van der Waals surface area contributed by atoms with Crippen LogP contribution in [0.3, 0.4) is 0 Å². The summed E-state index contributed by atoms with van der Waals surface area (Å²) in [5.41, 5.74) is 5.10. The van der Waals surface area contributed by atoms with Gasteiger partial charge < -0.3 is 16.2 Å². The standard InChI is InChI=1S/C5H11F2N3O/c1-9-5(8)10-2-3(11)4(6)7/h3-4,11H,2H2,1H3,(H3,8,9,10). The Morgan fingerprint density at radius 1 is 1.73 bits per heavy atom. The molecule has 0 saturated carbocycles. The Balaban J connectivity index is 3.54. The molecule has 0 aromatic heterocycles. The Bertz CT molecular complexity index is 140. The van der Waals surface area contributed by atoms with Gasteiger partial charge in [0.05, 0.1) is 0 Å². The quantitative estimate of drug-likeness (QED) is 0.378. The Morgan fingerprint density at radius 3 is 2.64 bits per heavy atom. The van der Waals surface area contributed by atoms with Gasteiger partial charge in [-0.05, 0) is 0 Å². The maximum absolute atomic E-state index is 11.6. The molecule has 0 saturated heterocycles. The van der Waals surface area contributed by atoms with Gasteiger partial charge in [0.15, 0.2) is 5.96 Å². The largest absolute Gasteiger partial charge is 0.385 e. The average Bonchev–Trinajstić information content (AvgIpc) is 1.99. The number of aliphatic imine (C=N–C) groups is 1. The van der Waals surface area contributed by atoms with Crippen LogP contribution in [0.1, 0.15) is 0 Å². The lowest BCUT2D eigenvalue weighted by atomic mass is 10.4. The van der Waals surface area contributed by atoms with E-state index in [-0.39, 0.29) is 12.5 Å². The molecule has 0 aromatic rings. The first-order chi connectivity index (χ1) is 5.07. The lowest BCUT2D eigenvalue weighted by Gasteiger charge is -2.10. The fraction of sp³-hybridized carbons (Fsp3) is 0.800. The molecule has 11 heavy (non-hydrogen) atoms. The molecule has 4 nitrogen and oxygen atoms in total. The van der Waals surface area contributed by atoms with E-state index >= 15 is 0 Å². The van der Waals surface area contributed by atoms with Gasteiger partial charge in [-0.2, -0.15) is 0 Å². The van der Waals surface area contributed by atoms with Crippen molar-refractivity contribution in [3.8, 4) is 0 Å². The van der Waals surface area contributed by atoms with Gasteiger partial charge in [-0.15, -0.1) is 0 Å². The monoisotopic (exact) mass is 167 g/mol. The van der Waals surface area contributed by atoms with Gasteiger partial charge in [0.1, 0.15) is 6.10 Å². The van der Waals surface area contributed by atoms with E-state index in [2.05, 4.69) is 10.3 Å². The molecule has 0 aliphatic carbocycles. The van der Waals surface area contributed by atoms with Crippen molar-refractivity contribution in [2.24, 2.45) is 10.7 Å². The molecule has 0 amide bonds. The Labute approximate surface area is 63.1 Å². The van der Waals surface area contributed by atoms with Crippen LogP contribution in [0.5, 0.6) is 0 Å². The van der Waals surface area contributed by atoms with Gasteiger partial charge in [0.25, 0.3) is 6.43 Å². The molecule has 1 atom stereocenters. The smallest absolute Gasteiger partial charge is 0.265 e. The van der Waals surface area contributed by atoms with E-state index < -0.39 is 12.5 Å². The summed E-state index contributed by atoms with van der Waals surface area (Å²) in [5, 5.41) is 10.9. The van der Waals surface area contributed by atoms with E-state index in [0.29, 0.717) is 0 Å². The molecule has 0 aliphatic rings. The van der Waals surface area contributed by atoms with Crippen LogP contribution >= 0.6 is 0 Å². The summed E-state index contributed by atoms with van der Waals surface area (Å²) in [4.78, 5) is 3.45. The van der Waals surface area contributed by atoms with Crippen LogP contribution in [-0.4, -0.2) is 37.2 Å². The number of halogens is 2. The highest BCUT2D eigenvalue weighted by Crippen LogP contribution is 1.97. The first-order valence-electron chi connectivity index (χ1n) is 3.00. The summed E-state index contributed by atoms with van der Waals surface area (Å²) in [6.07, 6.45) is -4.46. The number of nitrogens with zero attached hydrogens (tertiary/aromatic N) is 1. The normalized spacial score (nSPS) is 15.2. The Hall–Kier alpha value is -0.910. The molecule has 0 radical (unpaired) electrons. The topological polar surface area (TPSA) is 70.6 Å². The van der Waals surface area contributed by atoms with Crippen LogP contribution in [-0.2, 0) is 0 Å². The van der Waals surface area contributed by atoms with Crippen LogP contribution in [0.4, 0.5) is 8.78 Å². The minimum absolute atomic E-state index is 0.0321. The van der Waals surface area contributed by atoms with Crippen LogP contribution in [0.25, 0.3) is 0 Å². The van der Waals surface area contributed by atoms with Gasteiger partial charge in [0, 0.05) is 13.6 Å². The molecular weight excluding hydrogens is 156 g/mol. The van der Waals surface area contributed by atoms with Gasteiger partial charge >= 0.3 is 0 Å². The number of alkyl halides is 2. The SMILES string of the molecule is CN=C(N)NCC(O)C(F)F. The third-order valence-corrected chi connectivity index (χ3v) is 1.02. The second kappa shape index (κ2) is 4.84. The van der Waals surface area contributed by atoms with Crippen molar-refractivity contribution in [3.63, 3.8) is 0 Å². The lowest BCUT2D eigenvalue weighted by Crippen LogP contribution is -2.39. The summed E-state index contributed by atoms with van der Waals surface area (Å²) in [7, 11) is 1.41. The van der Waals surface area contributed by atoms with Crippen molar-refractivity contribution in [3.05, 3.63) is 0 Å². The Kier molecular flexibility index (Phi) is 4.44. The molecule has 0 bridgehead atoms. The van der Waals surface area contributed by atoms with Crippen LogP contribution in [0.2, 0.25) is 0 Å². The number of nitrogens with one attached hydrogen (secondary N) is 1. The van der Waals surface area contributed by atoms with Crippen molar-refractivity contribution in [2.45, 2.75) is 12.5 Å². The highest BCUT2D eigenvalue weighted by atomic mass is 19.3. The van der Waals surface area contributed by atoms with Crippen molar-refractivity contribution in [2.75, 3.05) is 13.6 Å². The van der Waals surface area contributed by atoms with Gasteiger partial charge in [-0.25, -0.2) is 8.78 Å². The summed E-state index contributed by atoms with van der Waals surface area (Å²) in [5.74, 6) is 0.0321. The zero-order chi connectivity index (χ0) is 8.85. The summed E-state index contributed by atoms with van der Waals surface area (Å²) in [6, 6.07) is 0. The van der Waals surface area contributed by atoms with Crippen molar-refractivity contribution >= 4 is 5.96 Å². The number of nitrogens with two attached hydrogens (primary N) is 1. The number of rotatable bonds is 3. The maximum atomic E-state index is 11.6. The molecule has 0 rings (SSSR count). The number of aliphatic hydroxyl groups excluding tert-OH is 1. The van der Waals surface area contributed by atoms with E-state index in [9.17, 15) is 8.78 Å². The first kappa shape index (κ1) is 10.1. The molecule has 1 unspecified atom stereocenters. The number of guanidine groups is 1. The average molecular weight is 167 g/mol. The van der Waals surface area contributed by atoms with Gasteiger partial charge in [-0.1, -0.05) is 0 Å². The molecule has 0 aromatic carbocycles. The Morgan fingerprint density at radius 2 is 2.27 bits per heavy atom. The number of aliphatic hydroxyl groups is 1. The van der Waals surface area contributed by atoms with Gasteiger partial charge in [0.2, 0.25) is 0 Å². The van der Waals surface area contributed by atoms with Crippen LogP contribution in [0, 0.1) is 0 Å². The second-order valence-electron chi connectivity index (χ2n) is 1.89. The first-order valence-corrected chi connectivity index (χ1v) is 3.00. The third kappa shape index (κ3) is 4.49. The van der Waals surface area contributed by atoms with E-state index in [1.165, 1.54) is 7.05 Å². The lowest BCUT2D eigenvalue weighted by molar-refractivity contribution is -0.000935. The van der Waals surface area contributed by atoms with Crippen molar-refractivity contribution in [1.82, 2.24) is 5.32 Å². The zero-order valence-electron chi connectivity index (χ0n) is 6.09. The summed E-state index contributed by atoms with van der Waals surface area (Å²) >= 11 is 0. The molecule has 66 valence electrons. The molecular formula is C5H11F2N3O. The summed E-state index contributed by atoms with van der Waals surface area (Å²) in [6.45, 7) is -0.291. The fourth-order valence-electron chi connectivity index (χ4n) is 0.377. The highest BCUT2D eigenvalue weighted by Gasteiger charge is 2.15. The van der Waals surface area contributed by atoms with Crippen molar-refractivity contribution < 1.29 is 13.9 Å². The van der Waals surface area contributed by atoms with E-state index in [4.69, 9.17) is 10.8 Å². The number of hydrogen-bond donors (Lipinski definition) is 3. The maximum Gasteiger partial charge on any atom is 0.265 e. The van der Waals surface area contributed by atoms with Crippen LogP contribution < -0.4 is 11.1 Å². The van der Waals surface area contributed by atoms with E-state index in [1.807, 2.05) is 0 Å². The zero-order valence-corrected chi connectivity index (χ0v) is 6.09. The molecule has 0 spiro atoms. The minimum Gasteiger partial charge on any atom is -0.385 e. The predicted molar refractivity (Wildman–Crippen MR) is 37.6 cm³/mol. The third-order valence-electron chi connectivity index (χ3n) is 1.02. The van der Waals surface area contributed by atoms with Crippen molar-refractivity contribution in [1.29, 1.82) is 0 Å².